The molecule has 9 nitrogen and oxygen atoms in total. The van der Waals surface area contributed by atoms with Crippen LogP contribution in [-0.2, 0) is 9.53 Å². The number of nitriles is 1. The molecule has 0 radical (unpaired) electrons. The molecule has 2 atom stereocenters. The second-order valence-electron chi connectivity index (χ2n) is 7.66. The van der Waals surface area contributed by atoms with Gasteiger partial charge in [-0.2, -0.15) is 5.26 Å². The number of amides is 1. The van der Waals surface area contributed by atoms with E-state index in [1.54, 1.807) is 20.8 Å². The number of nitro groups is 1. The molecule has 0 unspecified atom stereocenters. The van der Waals surface area contributed by atoms with Crippen LogP contribution < -0.4 is 10.2 Å². The SMILES string of the molecule is CC(C)[C@](C)(C#N)NC(=O)[C@@H](C)OC(=O)c1ccc(N2CCCC2)c([N+](=O)[O-])c1. The highest BCUT2D eigenvalue weighted by Gasteiger charge is 2.33. The summed E-state index contributed by atoms with van der Waals surface area (Å²) in [4.78, 5) is 37.6. The number of nitrogens with one attached hydrogen (secondary N) is 1. The standard InChI is InChI=1S/C20H26N4O5/c1-13(2)20(4,12-21)22-18(25)14(3)29-19(26)15-7-8-16(17(11-15)24(27)28)23-9-5-6-10-23/h7-8,11,13-14H,5-6,9-10H2,1-4H3,(H,22,25)/t14-,20+/m1/s1. The van der Waals surface area contributed by atoms with Crippen LogP contribution in [-0.4, -0.2) is 41.5 Å². The Morgan fingerprint density at radius 3 is 2.45 bits per heavy atom. The van der Waals surface area contributed by atoms with E-state index in [1.807, 2.05) is 11.0 Å². The molecule has 0 aliphatic carbocycles. The van der Waals surface area contributed by atoms with Gasteiger partial charge in [-0.25, -0.2) is 4.79 Å². The second kappa shape index (κ2) is 8.90. The number of nitro benzene ring substituents is 1. The van der Waals surface area contributed by atoms with E-state index < -0.39 is 28.4 Å². The number of rotatable bonds is 7. The van der Waals surface area contributed by atoms with Gasteiger partial charge in [0.15, 0.2) is 6.10 Å². The van der Waals surface area contributed by atoms with E-state index in [-0.39, 0.29) is 17.2 Å². The molecule has 0 bridgehead atoms. The van der Waals surface area contributed by atoms with Crippen LogP contribution in [0.4, 0.5) is 11.4 Å². The van der Waals surface area contributed by atoms with Crippen molar-refractivity contribution >= 4 is 23.3 Å². The molecule has 29 heavy (non-hydrogen) atoms. The van der Waals surface area contributed by atoms with Crippen LogP contribution in [0.1, 0.15) is 50.9 Å². The molecule has 1 saturated heterocycles. The molecule has 1 aromatic carbocycles. The van der Waals surface area contributed by atoms with Crippen molar-refractivity contribution in [3.8, 4) is 6.07 Å². The molecular weight excluding hydrogens is 376 g/mol. The average Bonchev–Trinajstić information content (AvgIpc) is 3.21. The topological polar surface area (TPSA) is 126 Å². The van der Waals surface area contributed by atoms with Crippen LogP contribution >= 0.6 is 0 Å². The zero-order valence-corrected chi connectivity index (χ0v) is 17.1. The quantitative estimate of drug-likeness (QED) is 0.422. The number of nitrogens with zero attached hydrogens (tertiary/aromatic N) is 3. The molecule has 1 N–H and O–H groups in total. The number of hydrogen-bond donors (Lipinski definition) is 1. The van der Waals surface area contributed by atoms with Crippen LogP contribution in [0.25, 0.3) is 0 Å². The van der Waals surface area contributed by atoms with Gasteiger partial charge < -0.3 is 15.0 Å². The fourth-order valence-corrected chi connectivity index (χ4v) is 2.96. The second-order valence-corrected chi connectivity index (χ2v) is 7.66. The molecule has 1 heterocycles. The fourth-order valence-electron chi connectivity index (χ4n) is 2.96. The third kappa shape index (κ3) is 5.02. The van der Waals surface area contributed by atoms with Crippen molar-refractivity contribution in [1.29, 1.82) is 5.26 Å². The highest BCUT2D eigenvalue weighted by atomic mass is 16.6. The zero-order chi connectivity index (χ0) is 21.8. The maximum atomic E-state index is 12.4. The van der Waals surface area contributed by atoms with Gasteiger partial charge in [0.05, 0.1) is 16.6 Å². The average molecular weight is 402 g/mol. The number of carbonyl (C=O) groups is 2. The molecule has 0 saturated carbocycles. The van der Waals surface area contributed by atoms with Crippen molar-refractivity contribution in [3.05, 3.63) is 33.9 Å². The van der Waals surface area contributed by atoms with Crippen molar-refractivity contribution in [2.24, 2.45) is 5.92 Å². The van der Waals surface area contributed by atoms with E-state index in [0.717, 1.165) is 25.9 Å². The molecule has 1 aliphatic rings. The number of hydrogen-bond acceptors (Lipinski definition) is 7. The molecule has 1 fully saturated rings. The molecule has 9 heteroatoms. The van der Waals surface area contributed by atoms with Crippen molar-refractivity contribution < 1.29 is 19.2 Å². The Balaban J connectivity index is 2.14. The van der Waals surface area contributed by atoms with Gasteiger partial charge in [0, 0.05) is 19.2 Å². The smallest absolute Gasteiger partial charge is 0.339 e. The van der Waals surface area contributed by atoms with E-state index in [1.165, 1.54) is 25.1 Å². The first kappa shape index (κ1) is 22.1. The summed E-state index contributed by atoms with van der Waals surface area (Å²) in [5.41, 5.74) is -0.813. The highest BCUT2D eigenvalue weighted by molar-refractivity contribution is 5.94. The minimum atomic E-state index is -1.16. The number of ether oxygens (including phenoxy) is 1. The van der Waals surface area contributed by atoms with Gasteiger partial charge in [0.1, 0.15) is 11.2 Å². The van der Waals surface area contributed by atoms with E-state index in [4.69, 9.17) is 4.74 Å². The van der Waals surface area contributed by atoms with E-state index in [2.05, 4.69) is 5.32 Å². The monoisotopic (exact) mass is 402 g/mol. The van der Waals surface area contributed by atoms with Crippen LogP contribution in [0.5, 0.6) is 0 Å². The third-order valence-corrected chi connectivity index (χ3v) is 5.28. The van der Waals surface area contributed by atoms with Crippen molar-refractivity contribution in [1.82, 2.24) is 5.32 Å². The Hall–Kier alpha value is -3.15. The summed E-state index contributed by atoms with van der Waals surface area (Å²) in [5.74, 6) is -1.61. The molecule has 0 aromatic heterocycles. The van der Waals surface area contributed by atoms with Gasteiger partial charge in [-0.1, -0.05) is 13.8 Å². The number of esters is 1. The summed E-state index contributed by atoms with van der Waals surface area (Å²) >= 11 is 0. The maximum Gasteiger partial charge on any atom is 0.339 e. The van der Waals surface area contributed by atoms with Crippen molar-refractivity contribution in [2.45, 2.75) is 52.2 Å². The lowest BCUT2D eigenvalue weighted by molar-refractivity contribution is -0.384. The molecule has 0 spiro atoms. The molecule has 1 aromatic rings. The first-order chi connectivity index (χ1) is 13.6. The third-order valence-electron chi connectivity index (χ3n) is 5.28. The van der Waals surface area contributed by atoms with Gasteiger partial charge in [-0.3, -0.25) is 14.9 Å². The normalized spacial score (nSPS) is 16.6. The Morgan fingerprint density at radius 2 is 1.93 bits per heavy atom. The summed E-state index contributed by atoms with van der Waals surface area (Å²) < 4.78 is 5.17. The van der Waals surface area contributed by atoms with Crippen LogP contribution in [0.3, 0.4) is 0 Å². The first-order valence-corrected chi connectivity index (χ1v) is 9.56. The Kier molecular flexibility index (Phi) is 6.80. The van der Waals surface area contributed by atoms with Gasteiger partial charge in [-0.05, 0) is 44.7 Å². The van der Waals surface area contributed by atoms with Gasteiger partial charge in [-0.15, -0.1) is 0 Å². The van der Waals surface area contributed by atoms with Gasteiger partial charge in [0.2, 0.25) is 0 Å². The predicted molar refractivity (Wildman–Crippen MR) is 106 cm³/mol. The molecule has 2 rings (SSSR count). The lowest BCUT2D eigenvalue weighted by Crippen LogP contribution is -2.52. The molecular formula is C20H26N4O5. The van der Waals surface area contributed by atoms with Crippen molar-refractivity contribution in [3.63, 3.8) is 0 Å². The number of anilines is 1. The number of carbonyl (C=O) groups excluding carboxylic acids is 2. The minimum Gasteiger partial charge on any atom is -0.449 e. The summed E-state index contributed by atoms with van der Waals surface area (Å²) in [6, 6.07) is 6.22. The summed E-state index contributed by atoms with van der Waals surface area (Å²) in [7, 11) is 0. The highest BCUT2D eigenvalue weighted by Crippen LogP contribution is 2.32. The van der Waals surface area contributed by atoms with E-state index >= 15 is 0 Å². The van der Waals surface area contributed by atoms with Gasteiger partial charge >= 0.3 is 5.97 Å². The van der Waals surface area contributed by atoms with Crippen LogP contribution in [0, 0.1) is 27.4 Å². The van der Waals surface area contributed by atoms with Gasteiger partial charge in [0.25, 0.3) is 11.6 Å². The Morgan fingerprint density at radius 1 is 1.31 bits per heavy atom. The minimum absolute atomic E-state index is 0.00815. The fraction of sp³-hybridized carbons (Fsp3) is 0.550. The lowest BCUT2D eigenvalue weighted by Gasteiger charge is -2.28. The summed E-state index contributed by atoms with van der Waals surface area (Å²) in [6.07, 6.45) is 0.767. The largest absolute Gasteiger partial charge is 0.449 e. The predicted octanol–water partition coefficient (Wildman–Crippen LogP) is 2.79. The zero-order valence-electron chi connectivity index (χ0n) is 17.1. The first-order valence-electron chi connectivity index (χ1n) is 9.56. The van der Waals surface area contributed by atoms with Crippen LogP contribution in [0.2, 0.25) is 0 Å². The molecule has 1 aliphatic heterocycles. The molecule has 156 valence electrons. The summed E-state index contributed by atoms with van der Waals surface area (Å²) in [6.45, 7) is 8.02. The van der Waals surface area contributed by atoms with E-state index in [9.17, 15) is 25.0 Å². The van der Waals surface area contributed by atoms with E-state index in [0.29, 0.717) is 5.69 Å². The van der Waals surface area contributed by atoms with Crippen molar-refractivity contribution in [2.75, 3.05) is 18.0 Å². The maximum absolute atomic E-state index is 12.4. The molecule has 1 amide bonds. The Labute approximate surface area is 169 Å². The Bertz CT molecular complexity index is 842. The number of benzene rings is 1. The summed E-state index contributed by atoms with van der Waals surface area (Å²) in [5, 5.41) is 23.4. The van der Waals surface area contributed by atoms with Crippen LogP contribution in [0.15, 0.2) is 18.2 Å². The lowest BCUT2D eigenvalue weighted by atomic mass is 9.90.